The molecule has 0 spiro atoms. The summed E-state index contributed by atoms with van der Waals surface area (Å²) in [7, 11) is 1.94. The number of rotatable bonds is 4. The van der Waals surface area contributed by atoms with Crippen LogP contribution in [0.2, 0.25) is 0 Å². The highest BCUT2D eigenvalue weighted by Crippen LogP contribution is 2.05. The zero-order valence-electron chi connectivity index (χ0n) is 6.28. The minimum Gasteiger partial charge on any atom is -0.402 e. The monoisotopic (exact) mass is 128 g/mol. The van der Waals surface area contributed by atoms with Gasteiger partial charge in [0.15, 0.2) is 0 Å². The second kappa shape index (κ2) is 4.39. The maximum Gasteiger partial charge on any atom is 0.00367 e. The SMILES string of the molecule is C=C(N)C(C)CCNC. The van der Waals surface area contributed by atoms with Gasteiger partial charge in [0.05, 0.1) is 0 Å². The Bertz CT molecular complexity index is 88.9. The van der Waals surface area contributed by atoms with Crippen LogP contribution in [-0.4, -0.2) is 13.6 Å². The summed E-state index contributed by atoms with van der Waals surface area (Å²) in [6.07, 6.45) is 1.08. The first kappa shape index (κ1) is 8.50. The molecule has 0 aromatic heterocycles. The lowest BCUT2D eigenvalue weighted by Gasteiger charge is -2.08. The van der Waals surface area contributed by atoms with Crippen molar-refractivity contribution in [3.8, 4) is 0 Å². The lowest BCUT2D eigenvalue weighted by Crippen LogP contribution is -2.15. The van der Waals surface area contributed by atoms with Crippen molar-refractivity contribution in [1.82, 2.24) is 5.32 Å². The van der Waals surface area contributed by atoms with E-state index in [1.807, 2.05) is 7.05 Å². The molecule has 54 valence electrons. The Kier molecular flexibility index (Phi) is 4.14. The first-order chi connectivity index (χ1) is 4.18. The molecule has 0 aliphatic carbocycles. The molecular weight excluding hydrogens is 112 g/mol. The van der Waals surface area contributed by atoms with E-state index in [2.05, 4.69) is 18.8 Å². The van der Waals surface area contributed by atoms with Crippen LogP contribution in [-0.2, 0) is 0 Å². The Labute approximate surface area is 57.1 Å². The third kappa shape index (κ3) is 4.03. The van der Waals surface area contributed by atoms with Crippen molar-refractivity contribution in [3.05, 3.63) is 12.3 Å². The second-order valence-electron chi connectivity index (χ2n) is 2.37. The van der Waals surface area contributed by atoms with Gasteiger partial charge in [-0.15, -0.1) is 0 Å². The largest absolute Gasteiger partial charge is 0.402 e. The number of allylic oxidation sites excluding steroid dienone is 1. The van der Waals surface area contributed by atoms with Gasteiger partial charge in [-0.2, -0.15) is 0 Å². The molecule has 9 heavy (non-hydrogen) atoms. The summed E-state index contributed by atoms with van der Waals surface area (Å²) in [5, 5.41) is 3.06. The quantitative estimate of drug-likeness (QED) is 0.585. The summed E-state index contributed by atoms with van der Waals surface area (Å²) in [6, 6.07) is 0. The predicted molar refractivity (Wildman–Crippen MR) is 41.0 cm³/mol. The highest BCUT2D eigenvalue weighted by atomic mass is 14.8. The number of nitrogens with two attached hydrogens (primary N) is 1. The van der Waals surface area contributed by atoms with E-state index in [1.165, 1.54) is 0 Å². The molecule has 3 N–H and O–H groups in total. The van der Waals surface area contributed by atoms with E-state index in [-0.39, 0.29) is 0 Å². The molecule has 0 saturated carbocycles. The Hall–Kier alpha value is -0.500. The van der Waals surface area contributed by atoms with Crippen LogP contribution >= 0.6 is 0 Å². The van der Waals surface area contributed by atoms with Gasteiger partial charge in [0.2, 0.25) is 0 Å². The average molecular weight is 128 g/mol. The molecule has 0 amide bonds. The molecule has 0 aromatic rings. The van der Waals surface area contributed by atoms with Gasteiger partial charge < -0.3 is 11.1 Å². The summed E-state index contributed by atoms with van der Waals surface area (Å²) in [6.45, 7) is 6.75. The molecule has 0 bridgehead atoms. The maximum atomic E-state index is 5.45. The van der Waals surface area contributed by atoms with Gasteiger partial charge in [-0.05, 0) is 25.9 Å². The van der Waals surface area contributed by atoms with Crippen molar-refractivity contribution in [2.45, 2.75) is 13.3 Å². The van der Waals surface area contributed by atoms with Crippen LogP contribution in [0.4, 0.5) is 0 Å². The minimum absolute atomic E-state index is 0.442. The standard InChI is InChI=1S/C7H16N2/c1-6(7(2)8)4-5-9-3/h6,9H,2,4-5,8H2,1,3H3. The first-order valence-corrected chi connectivity index (χ1v) is 3.27. The lowest BCUT2D eigenvalue weighted by molar-refractivity contribution is 0.581. The van der Waals surface area contributed by atoms with Crippen molar-refractivity contribution in [2.75, 3.05) is 13.6 Å². The van der Waals surface area contributed by atoms with Crippen LogP contribution in [0.3, 0.4) is 0 Å². The van der Waals surface area contributed by atoms with Crippen LogP contribution in [0, 0.1) is 5.92 Å². The molecule has 0 saturated heterocycles. The van der Waals surface area contributed by atoms with Gasteiger partial charge in [-0.1, -0.05) is 13.5 Å². The molecule has 0 fully saturated rings. The summed E-state index contributed by atoms with van der Waals surface area (Å²) < 4.78 is 0. The molecule has 0 aromatic carbocycles. The third-order valence-electron chi connectivity index (χ3n) is 1.46. The zero-order chi connectivity index (χ0) is 7.28. The molecule has 0 heterocycles. The van der Waals surface area contributed by atoms with E-state index in [0.717, 1.165) is 18.7 Å². The van der Waals surface area contributed by atoms with Crippen molar-refractivity contribution < 1.29 is 0 Å². The molecule has 1 atom stereocenters. The molecular formula is C7H16N2. The molecule has 0 aliphatic heterocycles. The van der Waals surface area contributed by atoms with Gasteiger partial charge in [-0.3, -0.25) is 0 Å². The van der Waals surface area contributed by atoms with E-state index >= 15 is 0 Å². The third-order valence-corrected chi connectivity index (χ3v) is 1.46. The fourth-order valence-corrected chi connectivity index (χ4v) is 0.546. The molecule has 1 unspecified atom stereocenters. The molecule has 2 nitrogen and oxygen atoms in total. The smallest absolute Gasteiger partial charge is 0.00367 e. The van der Waals surface area contributed by atoms with Crippen LogP contribution in [0.1, 0.15) is 13.3 Å². The molecule has 0 radical (unpaired) electrons. The molecule has 0 rings (SSSR count). The van der Waals surface area contributed by atoms with Crippen LogP contribution in [0.15, 0.2) is 12.3 Å². The summed E-state index contributed by atoms with van der Waals surface area (Å²) in [5.41, 5.74) is 6.24. The van der Waals surface area contributed by atoms with Crippen molar-refractivity contribution >= 4 is 0 Å². The number of hydrogen-bond acceptors (Lipinski definition) is 2. The summed E-state index contributed by atoms with van der Waals surface area (Å²) in [4.78, 5) is 0. The Balaban J connectivity index is 3.27. The Morgan fingerprint density at radius 1 is 1.78 bits per heavy atom. The Morgan fingerprint density at radius 3 is 2.67 bits per heavy atom. The summed E-state index contributed by atoms with van der Waals surface area (Å²) in [5.74, 6) is 0.442. The van der Waals surface area contributed by atoms with Crippen LogP contribution < -0.4 is 11.1 Å². The normalized spacial score (nSPS) is 13.1. The maximum absolute atomic E-state index is 5.45. The summed E-state index contributed by atoms with van der Waals surface area (Å²) >= 11 is 0. The van der Waals surface area contributed by atoms with Gasteiger partial charge in [0, 0.05) is 5.70 Å². The van der Waals surface area contributed by atoms with E-state index in [0.29, 0.717) is 5.92 Å². The number of hydrogen-bond donors (Lipinski definition) is 2. The highest BCUT2D eigenvalue weighted by Gasteiger charge is 1.99. The topological polar surface area (TPSA) is 38.0 Å². The van der Waals surface area contributed by atoms with Crippen molar-refractivity contribution in [2.24, 2.45) is 11.7 Å². The Morgan fingerprint density at radius 2 is 2.33 bits per heavy atom. The fourth-order valence-electron chi connectivity index (χ4n) is 0.546. The van der Waals surface area contributed by atoms with Crippen LogP contribution in [0.5, 0.6) is 0 Å². The van der Waals surface area contributed by atoms with Gasteiger partial charge in [0.1, 0.15) is 0 Å². The lowest BCUT2D eigenvalue weighted by atomic mass is 10.1. The van der Waals surface area contributed by atoms with E-state index < -0.39 is 0 Å². The first-order valence-electron chi connectivity index (χ1n) is 3.27. The molecule has 2 heteroatoms. The van der Waals surface area contributed by atoms with Gasteiger partial charge >= 0.3 is 0 Å². The minimum atomic E-state index is 0.442. The fraction of sp³-hybridized carbons (Fsp3) is 0.714. The zero-order valence-corrected chi connectivity index (χ0v) is 6.28. The van der Waals surface area contributed by atoms with Crippen molar-refractivity contribution in [1.29, 1.82) is 0 Å². The van der Waals surface area contributed by atoms with Crippen molar-refractivity contribution in [3.63, 3.8) is 0 Å². The van der Waals surface area contributed by atoms with Gasteiger partial charge in [-0.25, -0.2) is 0 Å². The van der Waals surface area contributed by atoms with E-state index in [4.69, 9.17) is 5.73 Å². The predicted octanol–water partition coefficient (Wildman–Crippen LogP) is 0.704. The number of nitrogens with one attached hydrogen (secondary N) is 1. The van der Waals surface area contributed by atoms with Gasteiger partial charge in [0.25, 0.3) is 0 Å². The average Bonchev–Trinajstić information content (AvgIpc) is 1.82. The highest BCUT2D eigenvalue weighted by molar-refractivity contribution is 4.91. The second-order valence-corrected chi connectivity index (χ2v) is 2.37. The molecule has 0 aliphatic rings. The van der Waals surface area contributed by atoms with E-state index in [9.17, 15) is 0 Å². The van der Waals surface area contributed by atoms with E-state index in [1.54, 1.807) is 0 Å². The van der Waals surface area contributed by atoms with Crippen LogP contribution in [0.25, 0.3) is 0 Å².